The molecular weight excluding hydrogens is 184 g/mol. The Morgan fingerprint density at radius 1 is 1.07 bits per heavy atom. The number of hydrogen-bond acceptors (Lipinski definition) is 1. The van der Waals surface area contributed by atoms with Crippen molar-refractivity contribution in [2.45, 2.75) is 13.8 Å². The van der Waals surface area contributed by atoms with E-state index >= 15 is 0 Å². The first-order valence-electron chi connectivity index (χ1n) is 5.08. The summed E-state index contributed by atoms with van der Waals surface area (Å²) in [6, 6.07) is 12.5. The number of hydrogen-bond donors (Lipinski definition) is 0. The molecule has 0 aliphatic carbocycles. The molecule has 0 aliphatic rings. The van der Waals surface area contributed by atoms with Gasteiger partial charge in [-0.1, -0.05) is 35.0 Å². The monoisotopic (exact) mass is 199 g/mol. The van der Waals surface area contributed by atoms with E-state index in [1.165, 1.54) is 16.8 Å². The highest BCUT2D eigenvalue weighted by molar-refractivity contribution is 5.65. The van der Waals surface area contributed by atoms with Crippen molar-refractivity contribution in [1.82, 2.24) is 5.10 Å². The van der Waals surface area contributed by atoms with E-state index in [2.05, 4.69) is 42.4 Å². The first kappa shape index (κ1) is 9.84. The zero-order valence-corrected chi connectivity index (χ0v) is 9.36. The molecular formula is C13H15N2+. The van der Waals surface area contributed by atoms with Gasteiger partial charge in [0.2, 0.25) is 5.69 Å². The lowest BCUT2D eigenvalue weighted by atomic mass is 10.0. The quantitative estimate of drug-likeness (QED) is 0.643. The van der Waals surface area contributed by atoms with E-state index in [1.807, 2.05) is 24.7 Å². The Labute approximate surface area is 90.2 Å². The zero-order chi connectivity index (χ0) is 10.8. The van der Waals surface area contributed by atoms with Crippen LogP contribution in [-0.2, 0) is 7.05 Å². The summed E-state index contributed by atoms with van der Waals surface area (Å²) in [6.45, 7) is 4.11. The molecule has 2 rings (SSSR count). The van der Waals surface area contributed by atoms with Gasteiger partial charge in [-0.05, 0) is 17.6 Å². The molecule has 2 heteroatoms. The molecule has 15 heavy (non-hydrogen) atoms. The maximum absolute atomic E-state index is 4.47. The van der Waals surface area contributed by atoms with E-state index in [0.717, 1.165) is 5.69 Å². The van der Waals surface area contributed by atoms with Crippen molar-refractivity contribution in [3.05, 3.63) is 47.8 Å². The first-order chi connectivity index (χ1) is 7.18. The number of aryl methyl sites for hydroxylation is 3. The van der Waals surface area contributed by atoms with Gasteiger partial charge in [-0.15, -0.1) is 0 Å². The third kappa shape index (κ3) is 1.89. The van der Waals surface area contributed by atoms with Crippen LogP contribution in [0.15, 0.2) is 36.4 Å². The predicted molar refractivity (Wildman–Crippen MR) is 60.3 cm³/mol. The smallest absolute Gasteiger partial charge is 0.0912 e. The van der Waals surface area contributed by atoms with Crippen molar-refractivity contribution in [1.29, 1.82) is 0 Å². The SMILES string of the molecule is Cc1n[n+](C)c(C)cc1-c1ccccc1. The molecule has 0 N–H and O–H groups in total. The van der Waals surface area contributed by atoms with Crippen LogP contribution < -0.4 is 4.68 Å². The molecule has 76 valence electrons. The minimum Gasteiger partial charge on any atom is -0.0912 e. The summed E-state index contributed by atoms with van der Waals surface area (Å²) in [5.74, 6) is 0. The Hall–Kier alpha value is -1.70. The molecule has 0 amide bonds. The Morgan fingerprint density at radius 2 is 1.73 bits per heavy atom. The van der Waals surface area contributed by atoms with Crippen molar-refractivity contribution >= 4 is 0 Å². The highest BCUT2D eigenvalue weighted by Gasteiger charge is 2.10. The standard InChI is InChI=1S/C13H15N2/c1-10-9-13(11(2)14-15(10)3)12-7-5-4-6-8-12/h4-9H,1-3H3/q+1. The number of aromatic nitrogens is 2. The summed E-state index contributed by atoms with van der Waals surface area (Å²) < 4.78 is 1.90. The number of nitrogens with zero attached hydrogens (tertiary/aromatic N) is 2. The van der Waals surface area contributed by atoms with Gasteiger partial charge in [0, 0.05) is 18.6 Å². The van der Waals surface area contributed by atoms with Gasteiger partial charge in [0.15, 0.2) is 7.05 Å². The molecule has 1 aromatic heterocycles. The van der Waals surface area contributed by atoms with Crippen LogP contribution in [0.25, 0.3) is 11.1 Å². The van der Waals surface area contributed by atoms with Crippen molar-refractivity contribution < 1.29 is 4.68 Å². The van der Waals surface area contributed by atoms with Crippen LogP contribution in [0.3, 0.4) is 0 Å². The van der Waals surface area contributed by atoms with Crippen LogP contribution in [0, 0.1) is 13.8 Å². The fraction of sp³-hybridized carbons (Fsp3) is 0.231. The molecule has 1 aromatic carbocycles. The second-order valence-corrected chi connectivity index (χ2v) is 3.77. The van der Waals surface area contributed by atoms with Gasteiger partial charge < -0.3 is 0 Å². The normalized spacial score (nSPS) is 10.3. The molecule has 2 aromatic rings. The van der Waals surface area contributed by atoms with E-state index < -0.39 is 0 Å². The van der Waals surface area contributed by atoms with Crippen LogP contribution in [-0.4, -0.2) is 5.10 Å². The van der Waals surface area contributed by atoms with Gasteiger partial charge in [0.1, 0.15) is 5.69 Å². The van der Waals surface area contributed by atoms with Crippen molar-refractivity contribution in [3.63, 3.8) is 0 Å². The molecule has 0 saturated heterocycles. The maximum Gasteiger partial charge on any atom is 0.205 e. The van der Waals surface area contributed by atoms with E-state index in [9.17, 15) is 0 Å². The predicted octanol–water partition coefficient (Wildman–Crippen LogP) is 2.19. The van der Waals surface area contributed by atoms with Crippen LogP contribution in [0.5, 0.6) is 0 Å². The summed E-state index contributed by atoms with van der Waals surface area (Å²) in [7, 11) is 1.97. The molecule has 0 bridgehead atoms. The minimum absolute atomic E-state index is 1.06. The Bertz CT molecular complexity index is 475. The topological polar surface area (TPSA) is 16.8 Å². The van der Waals surface area contributed by atoms with Gasteiger partial charge >= 0.3 is 0 Å². The molecule has 0 radical (unpaired) electrons. The molecule has 2 nitrogen and oxygen atoms in total. The molecule has 0 unspecified atom stereocenters. The Kier molecular flexibility index (Phi) is 2.50. The molecule has 0 aliphatic heterocycles. The number of rotatable bonds is 1. The molecule has 1 heterocycles. The highest BCUT2D eigenvalue weighted by Crippen LogP contribution is 2.20. The highest BCUT2D eigenvalue weighted by atomic mass is 15.2. The second kappa shape index (κ2) is 3.81. The Morgan fingerprint density at radius 3 is 2.40 bits per heavy atom. The lowest BCUT2D eigenvalue weighted by molar-refractivity contribution is -0.736. The van der Waals surface area contributed by atoms with E-state index in [-0.39, 0.29) is 0 Å². The fourth-order valence-corrected chi connectivity index (χ4v) is 1.67. The van der Waals surface area contributed by atoms with Crippen molar-refractivity contribution in [2.24, 2.45) is 7.05 Å². The van der Waals surface area contributed by atoms with E-state index in [0.29, 0.717) is 0 Å². The van der Waals surface area contributed by atoms with E-state index in [1.54, 1.807) is 0 Å². The van der Waals surface area contributed by atoms with Crippen LogP contribution >= 0.6 is 0 Å². The Balaban J connectivity index is 2.59. The fourth-order valence-electron chi connectivity index (χ4n) is 1.67. The average Bonchev–Trinajstić information content (AvgIpc) is 2.25. The van der Waals surface area contributed by atoms with E-state index in [4.69, 9.17) is 0 Å². The lowest BCUT2D eigenvalue weighted by Gasteiger charge is -2.03. The van der Waals surface area contributed by atoms with Gasteiger partial charge in [0.25, 0.3) is 0 Å². The average molecular weight is 199 g/mol. The molecule has 0 fully saturated rings. The maximum atomic E-state index is 4.47. The first-order valence-corrected chi connectivity index (χ1v) is 5.08. The summed E-state index contributed by atoms with van der Waals surface area (Å²) in [5, 5.41) is 4.47. The van der Waals surface area contributed by atoms with Gasteiger partial charge in [-0.3, -0.25) is 0 Å². The summed E-state index contributed by atoms with van der Waals surface area (Å²) in [5.41, 5.74) is 4.67. The number of benzene rings is 1. The van der Waals surface area contributed by atoms with Gasteiger partial charge in [0.05, 0.1) is 0 Å². The summed E-state index contributed by atoms with van der Waals surface area (Å²) >= 11 is 0. The van der Waals surface area contributed by atoms with Crippen molar-refractivity contribution in [3.8, 4) is 11.1 Å². The third-order valence-corrected chi connectivity index (χ3v) is 2.64. The third-order valence-electron chi connectivity index (χ3n) is 2.64. The lowest BCUT2D eigenvalue weighted by Crippen LogP contribution is -2.37. The van der Waals surface area contributed by atoms with Crippen LogP contribution in [0.4, 0.5) is 0 Å². The largest absolute Gasteiger partial charge is 0.205 e. The second-order valence-electron chi connectivity index (χ2n) is 3.77. The minimum atomic E-state index is 1.06. The van der Waals surface area contributed by atoms with Crippen LogP contribution in [0.2, 0.25) is 0 Å². The van der Waals surface area contributed by atoms with Gasteiger partial charge in [-0.25, -0.2) is 0 Å². The van der Waals surface area contributed by atoms with Gasteiger partial charge in [-0.2, -0.15) is 0 Å². The summed E-state index contributed by atoms with van der Waals surface area (Å²) in [6.07, 6.45) is 0. The van der Waals surface area contributed by atoms with Crippen molar-refractivity contribution in [2.75, 3.05) is 0 Å². The molecule has 0 saturated carbocycles. The van der Waals surface area contributed by atoms with Crippen LogP contribution in [0.1, 0.15) is 11.4 Å². The zero-order valence-electron chi connectivity index (χ0n) is 9.36. The molecule has 0 atom stereocenters. The summed E-state index contributed by atoms with van der Waals surface area (Å²) in [4.78, 5) is 0. The molecule has 0 spiro atoms.